The third-order valence-electron chi connectivity index (χ3n) is 3.27. The highest BCUT2D eigenvalue weighted by Gasteiger charge is 2.18. The Kier molecular flexibility index (Phi) is 4.27. The lowest BCUT2D eigenvalue weighted by Gasteiger charge is -2.07. The maximum atomic E-state index is 12.4. The molecule has 2 aromatic rings. The number of aliphatic hydroxyl groups excluding tert-OH is 1. The van der Waals surface area contributed by atoms with Crippen LogP contribution < -0.4 is 16.6 Å². The van der Waals surface area contributed by atoms with Gasteiger partial charge in [-0.3, -0.25) is 13.9 Å². The molecule has 114 valence electrons. The second kappa shape index (κ2) is 5.96. The maximum absolute atomic E-state index is 12.4. The van der Waals surface area contributed by atoms with E-state index in [0.29, 0.717) is 30.2 Å². The van der Waals surface area contributed by atoms with Gasteiger partial charge in [0.05, 0.1) is 6.61 Å². The summed E-state index contributed by atoms with van der Waals surface area (Å²) in [5, 5.41) is 11.9. The Bertz CT molecular complexity index is 797. The number of anilines is 1. The van der Waals surface area contributed by atoms with Crippen LogP contribution >= 0.6 is 0 Å². The topological polar surface area (TPSA) is 94.1 Å². The molecule has 2 heterocycles. The van der Waals surface area contributed by atoms with E-state index < -0.39 is 5.69 Å². The molecular formula is C13H19N5O3. The zero-order chi connectivity index (χ0) is 15.6. The molecule has 0 amide bonds. The van der Waals surface area contributed by atoms with E-state index in [1.807, 2.05) is 19.1 Å². The van der Waals surface area contributed by atoms with Crippen molar-refractivity contribution in [2.24, 2.45) is 14.1 Å². The van der Waals surface area contributed by atoms with Crippen LogP contribution in [0.15, 0.2) is 21.7 Å². The van der Waals surface area contributed by atoms with Gasteiger partial charge in [0.2, 0.25) is 5.95 Å². The summed E-state index contributed by atoms with van der Waals surface area (Å²) in [5.41, 5.74) is -0.120. The van der Waals surface area contributed by atoms with Crippen molar-refractivity contribution in [3.63, 3.8) is 0 Å². The predicted molar refractivity (Wildman–Crippen MR) is 80.6 cm³/mol. The summed E-state index contributed by atoms with van der Waals surface area (Å²) < 4.78 is 4.10. The molecular weight excluding hydrogens is 274 g/mol. The van der Waals surface area contributed by atoms with Gasteiger partial charge < -0.3 is 15.0 Å². The lowest BCUT2D eigenvalue weighted by Crippen LogP contribution is -2.37. The molecule has 21 heavy (non-hydrogen) atoms. The van der Waals surface area contributed by atoms with Gasteiger partial charge >= 0.3 is 5.69 Å². The van der Waals surface area contributed by atoms with Crippen LogP contribution in [0, 0.1) is 0 Å². The van der Waals surface area contributed by atoms with Gasteiger partial charge in [0.15, 0.2) is 11.2 Å². The zero-order valence-corrected chi connectivity index (χ0v) is 12.3. The normalized spacial score (nSPS) is 11.6. The van der Waals surface area contributed by atoms with Crippen LogP contribution in [-0.2, 0) is 20.6 Å². The Morgan fingerprint density at radius 2 is 2.00 bits per heavy atom. The molecule has 0 fully saturated rings. The third-order valence-corrected chi connectivity index (χ3v) is 3.27. The van der Waals surface area contributed by atoms with Crippen molar-refractivity contribution in [2.45, 2.75) is 13.5 Å². The fraction of sp³-hybridized carbons (Fsp3) is 0.462. The molecule has 0 bridgehead atoms. The average Bonchev–Trinajstić information content (AvgIpc) is 2.85. The molecule has 2 rings (SSSR count). The standard InChI is InChI=1S/C13H19N5O3/c1-4-5-7-18-9-10(15-12(18)14-6-8-19)16(2)13(21)17(3)11(9)20/h4-5,19H,6-8H2,1-3H3,(H,14,15)/b5-4+. The molecule has 8 nitrogen and oxygen atoms in total. The summed E-state index contributed by atoms with van der Waals surface area (Å²) in [6.07, 6.45) is 3.75. The van der Waals surface area contributed by atoms with E-state index in [4.69, 9.17) is 5.11 Å². The molecule has 2 N–H and O–H groups in total. The number of fused-ring (bicyclic) bond motifs is 1. The second-order valence-corrected chi connectivity index (χ2v) is 4.64. The lowest BCUT2D eigenvalue weighted by atomic mass is 10.4. The number of allylic oxidation sites excluding steroid dienone is 2. The summed E-state index contributed by atoms with van der Waals surface area (Å²) in [6, 6.07) is 0. The molecule has 0 aliphatic rings. The van der Waals surface area contributed by atoms with Crippen molar-refractivity contribution in [3.05, 3.63) is 33.0 Å². The monoisotopic (exact) mass is 293 g/mol. The number of hydrogen-bond acceptors (Lipinski definition) is 5. The minimum Gasteiger partial charge on any atom is -0.395 e. The number of nitrogens with zero attached hydrogens (tertiary/aromatic N) is 4. The van der Waals surface area contributed by atoms with Crippen LogP contribution in [-0.4, -0.2) is 36.9 Å². The molecule has 0 aliphatic carbocycles. The van der Waals surface area contributed by atoms with Crippen LogP contribution in [0.4, 0.5) is 5.95 Å². The van der Waals surface area contributed by atoms with Gasteiger partial charge in [-0.15, -0.1) is 0 Å². The van der Waals surface area contributed by atoms with E-state index in [-0.39, 0.29) is 12.2 Å². The Morgan fingerprint density at radius 1 is 1.29 bits per heavy atom. The van der Waals surface area contributed by atoms with Crippen molar-refractivity contribution in [3.8, 4) is 0 Å². The number of hydrogen-bond donors (Lipinski definition) is 2. The van der Waals surface area contributed by atoms with Gasteiger partial charge in [-0.2, -0.15) is 4.98 Å². The van der Waals surface area contributed by atoms with Crippen molar-refractivity contribution in [1.29, 1.82) is 0 Å². The van der Waals surface area contributed by atoms with Gasteiger partial charge in [0.25, 0.3) is 5.56 Å². The van der Waals surface area contributed by atoms with Crippen LogP contribution in [0.2, 0.25) is 0 Å². The van der Waals surface area contributed by atoms with Gasteiger partial charge in [-0.25, -0.2) is 4.79 Å². The summed E-state index contributed by atoms with van der Waals surface area (Å²) in [7, 11) is 3.02. The number of rotatable bonds is 5. The number of aryl methyl sites for hydroxylation is 1. The van der Waals surface area contributed by atoms with E-state index in [2.05, 4.69) is 10.3 Å². The summed E-state index contributed by atoms with van der Waals surface area (Å²) in [6.45, 7) is 2.60. The molecule has 0 aromatic carbocycles. The second-order valence-electron chi connectivity index (χ2n) is 4.64. The molecule has 2 aromatic heterocycles. The molecule has 0 saturated carbocycles. The molecule has 0 aliphatic heterocycles. The summed E-state index contributed by atoms with van der Waals surface area (Å²) >= 11 is 0. The average molecular weight is 293 g/mol. The Balaban J connectivity index is 2.80. The van der Waals surface area contributed by atoms with Gasteiger partial charge in [0, 0.05) is 27.2 Å². The lowest BCUT2D eigenvalue weighted by molar-refractivity contribution is 0.310. The summed E-state index contributed by atoms with van der Waals surface area (Å²) in [4.78, 5) is 28.6. The number of aromatic nitrogens is 4. The van der Waals surface area contributed by atoms with Crippen LogP contribution in [0.5, 0.6) is 0 Å². The Hall–Kier alpha value is -2.35. The zero-order valence-electron chi connectivity index (χ0n) is 12.3. The van der Waals surface area contributed by atoms with Crippen LogP contribution in [0.1, 0.15) is 6.92 Å². The van der Waals surface area contributed by atoms with Gasteiger partial charge in [-0.05, 0) is 6.92 Å². The molecule has 0 atom stereocenters. The molecule has 0 radical (unpaired) electrons. The van der Waals surface area contributed by atoms with Crippen molar-refractivity contribution < 1.29 is 5.11 Å². The Labute approximate surface area is 121 Å². The van der Waals surface area contributed by atoms with Crippen LogP contribution in [0.25, 0.3) is 11.2 Å². The first-order valence-corrected chi connectivity index (χ1v) is 6.65. The minimum absolute atomic E-state index is 0.0518. The van der Waals surface area contributed by atoms with E-state index in [1.165, 1.54) is 11.6 Å². The van der Waals surface area contributed by atoms with Crippen molar-refractivity contribution in [2.75, 3.05) is 18.5 Å². The first kappa shape index (κ1) is 15.0. The Morgan fingerprint density at radius 3 is 2.62 bits per heavy atom. The first-order valence-electron chi connectivity index (χ1n) is 6.65. The fourth-order valence-corrected chi connectivity index (χ4v) is 2.14. The van der Waals surface area contributed by atoms with E-state index in [9.17, 15) is 9.59 Å². The van der Waals surface area contributed by atoms with Crippen molar-refractivity contribution in [1.82, 2.24) is 18.7 Å². The van der Waals surface area contributed by atoms with E-state index >= 15 is 0 Å². The predicted octanol–water partition coefficient (Wildman–Crippen LogP) is -0.586. The third kappa shape index (κ3) is 2.49. The molecule has 0 saturated heterocycles. The number of imidazole rings is 1. The molecule has 0 unspecified atom stereocenters. The number of aliphatic hydroxyl groups is 1. The fourth-order valence-electron chi connectivity index (χ4n) is 2.14. The van der Waals surface area contributed by atoms with Gasteiger partial charge in [-0.1, -0.05) is 12.2 Å². The van der Waals surface area contributed by atoms with Gasteiger partial charge in [0.1, 0.15) is 0 Å². The van der Waals surface area contributed by atoms with E-state index in [0.717, 1.165) is 4.57 Å². The smallest absolute Gasteiger partial charge is 0.332 e. The van der Waals surface area contributed by atoms with E-state index in [1.54, 1.807) is 11.6 Å². The van der Waals surface area contributed by atoms with Crippen molar-refractivity contribution >= 4 is 17.1 Å². The minimum atomic E-state index is -0.420. The highest BCUT2D eigenvalue weighted by Crippen LogP contribution is 2.15. The quantitative estimate of drug-likeness (QED) is 0.719. The SMILES string of the molecule is C/C=C/Cn1c(NCCO)nc2c1c(=O)n(C)c(=O)n2C. The summed E-state index contributed by atoms with van der Waals surface area (Å²) in [5.74, 6) is 0.454. The highest BCUT2D eigenvalue weighted by atomic mass is 16.3. The largest absolute Gasteiger partial charge is 0.395 e. The maximum Gasteiger partial charge on any atom is 0.332 e. The van der Waals surface area contributed by atoms with Crippen LogP contribution in [0.3, 0.4) is 0 Å². The molecule has 8 heteroatoms. The first-order chi connectivity index (χ1) is 10.0. The number of nitrogens with one attached hydrogen (secondary N) is 1. The highest BCUT2D eigenvalue weighted by molar-refractivity contribution is 5.74. The molecule has 0 spiro atoms.